The van der Waals surface area contributed by atoms with Crippen molar-refractivity contribution in [1.29, 1.82) is 0 Å². The second-order valence-corrected chi connectivity index (χ2v) is 25.0. The summed E-state index contributed by atoms with van der Waals surface area (Å²) in [5.74, 6) is 1.29. The van der Waals surface area contributed by atoms with E-state index in [1.807, 2.05) is 0 Å². The number of hydrogen-bond acceptors (Lipinski definition) is 3. The van der Waals surface area contributed by atoms with Crippen LogP contribution in [0.4, 0.5) is 0 Å². The van der Waals surface area contributed by atoms with Crippen LogP contribution in [0.25, 0.3) is 0 Å². The quantitative estimate of drug-likeness (QED) is 0.337. The summed E-state index contributed by atoms with van der Waals surface area (Å²) in [7, 11) is -3.79. The van der Waals surface area contributed by atoms with Gasteiger partial charge in [-0.2, -0.15) is 11.8 Å². The van der Waals surface area contributed by atoms with Crippen LogP contribution >= 0.6 is 11.8 Å². The summed E-state index contributed by atoms with van der Waals surface area (Å²) in [6, 6.07) is 1.30. The van der Waals surface area contributed by atoms with Crippen molar-refractivity contribution in [3.8, 4) is 0 Å². The summed E-state index contributed by atoms with van der Waals surface area (Å²) in [6.45, 7) is 26.4. The van der Waals surface area contributed by atoms with Crippen LogP contribution in [0.15, 0.2) is 0 Å². The maximum absolute atomic E-state index is 5.92. The lowest BCUT2D eigenvalue weighted by Crippen LogP contribution is -2.60. The molecule has 22 heavy (non-hydrogen) atoms. The van der Waals surface area contributed by atoms with Crippen molar-refractivity contribution in [1.82, 2.24) is 4.23 Å². The SMILES string of the molecule is CCO[Si](C)(C)CCCSC(C)CN([Si](C)(C)C)[Si](C)(C)C. The molecule has 1 unspecified atom stereocenters. The minimum absolute atomic E-state index is 0.746. The Hall–Kier alpha value is 0.921. The van der Waals surface area contributed by atoms with Gasteiger partial charge in [0.15, 0.2) is 8.32 Å². The molecule has 0 rings (SSSR count). The van der Waals surface area contributed by atoms with Gasteiger partial charge in [0.25, 0.3) is 0 Å². The second-order valence-electron chi connectivity index (χ2n) is 8.93. The van der Waals surface area contributed by atoms with Gasteiger partial charge in [0.05, 0.1) is 0 Å². The molecule has 1 atom stereocenters. The normalized spacial score (nSPS) is 15.4. The van der Waals surface area contributed by atoms with Crippen molar-refractivity contribution in [3.63, 3.8) is 0 Å². The molecule has 0 amide bonds. The molecule has 0 aromatic carbocycles. The van der Waals surface area contributed by atoms with E-state index in [-0.39, 0.29) is 0 Å². The highest BCUT2D eigenvalue weighted by Gasteiger charge is 2.34. The molecule has 134 valence electrons. The van der Waals surface area contributed by atoms with E-state index in [1.165, 1.54) is 24.8 Å². The van der Waals surface area contributed by atoms with Crippen molar-refractivity contribution >= 4 is 36.6 Å². The van der Waals surface area contributed by atoms with E-state index in [1.54, 1.807) is 0 Å². The van der Waals surface area contributed by atoms with Gasteiger partial charge in [-0.3, -0.25) is 0 Å². The molecule has 0 aliphatic rings. The van der Waals surface area contributed by atoms with E-state index in [0.717, 1.165) is 11.9 Å². The van der Waals surface area contributed by atoms with Gasteiger partial charge in [0.2, 0.25) is 0 Å². The summed E-state index contributed by atoms with van der Waals surface area (Å²) < 4.78 is 8.84. The van der Waals surface area contributed by atoms with E-state index in [2.05, 4.69) is 82.2 Å². The average Bonchev–Trinajstić information content (AvgIpc) is 2.28. The Balaban J connectivity index is 4.25. The van der Waals surface area contributed by atoms with Gasteiger partial charge in [-0.15, -0.1) is 0 Å². The molecule has 0 aliphatic heterocycles. The van der Waals surface area contributed by atoms with Crippen molar-refractivity contribution < 1.29 is 4.43 Å². The third kappa shape index (κ3) is 9.93. The molecule has 0 aromatic rings. The van der Waals surface area contributed by atoms with Gasteiger partial charge in [0.1, 0.15) is 16.5 Å². The molecule has 6 heteroatoms. The topological polar surface area (TPSA) is 12.5 Å². The molecule has 0 bridgehead atoms. The van der Waals surface area contributed by atoms with Crippen molar-refractivity contribution in [2.75, 3.05) is 18.9 Å². The molecule has 0 saturated carbocycles. The number of hydrogen-bond donors (Lipinski definition) is 0. The van der Waals surface area contributed by atoms with Crippen molar-refractivity contribution in [3.05, 3.63) is 0 Å². The van der Waals surface area contributed by atoms with Gasteiger partial charge in [-0.25, -0.2) is 0 Å². The Kier molecular flexibility index (Phi) is 9.81. The van der Waals surface area contributed by atoms with E-state index >= 15 is 0 Å². The molecular weight excluding hydrogens is 339 g/mol. The van der Waals surface area contributed by atoms with Crippen LogP contribution in [0.2, 0.25) is 58.4 Å². The highest BCUT2D eigenvalue weighted by Crippen LogP contribution is 2.24. The molecule has 0 aromatic heterocycles. The second kappa shape index (κ2) is 9.42. The molecule has 0 saturated heterocycles. The largest absolute Gasteiger partial charge is 0.418 e. The first-order valence-corrected chi connectivity index (χ1v) is 19.9. The Bertz CT molecular complexity index is 299. The summed E-state index contributed by atoms with van der Waals surface area (Å²) in [4.78, 5) is 0. The Morgan fingerprint density at radius 3 is 1.86 bits per heavy atom. The van der Waals surface area contributed by atoms with Crippen LogP contribution in [-0.2, 0) is 4.43 Å². The molecule has 0 aliphatic carbocycles. The first-order chi connectivity index (χ1) is 9.79. The highest BCUT2D eigenvalue weighted by molar-refractivity contribution is 7.99. The molecule has 0 spiro atoms. The van der Waals surface area contributed by atoms with Gasteiger partial charge < -0.3 is 8.66 Å². The maximum atomic E-state index is 5.92. The molecule has 0 radical (unpaired) electrons. The monoisotopic (exact) mass is 379 g/mol. The first kappa shape index (κ1) is 22.9. The van der Waals surface area contributed by atoms with Crippen LogP contribution in [0, 0.1) is 0 Å². The van der Waals surface area contributed by atoms with Gasteiger partial charge in [0, 0.05) is 11.9 Å². The number of nitrogens with zero attached hydrogens (tertiary/aromatic N) is 1. The zero-order valence-electron chi connectivity index (χ0n) is 16.9. The van der Waals surface area contributed by atoms with Gasteiger partial charge in [-0.1, -0.05) is 46.2 Å². The van der Waals surface area contributed by atoms with Gasteiger partial charge in [-0.05, 0) is 44.8 Å². The maximum Gasteiger partial charge on any atom is 0.186 e. The highest BCUT2D eigenvalue weighted by atomic mass is 32.2. The van der Waals surface area contributed by atoms with Crippen LogP contribution in [0.1, 0.15) is 20.3 Å². The predicted octanol–water partition coefficient (Wildman–Crippen LogP) is 5.71. The zero-order valence-corrected chi connectivity index (χ0v) is 20.7. The Morgan fingerprint density at radius 2 is 1.45 bits per heavy atom. The van der Waals surface area contributed by atoms with Gasteiger partial charge >= 0.3 is 0 Å². The Labute approximate surface area is 148 Å². The summed E-state index contributed by atoms with van der Waals surface area (Å²) >= 11 is 2.17. The fraction of sp³-hybridized carbons (Fsp3) is 1.00. The fourth-order valence-corrected chi connectivity index (χ4v) is 16.2. The summed E-state index contributed by atoms with van der Waals surface area (Å²) in [6.07, 6.45) is 1.31. The van der Waals surface area contributed by atoms with Crippen molar-refractivity contribution in [2.45, 2.75) is 83.9 Å². The first-order valence-electron chi connectivity index (χ1n) is 8.83. The molecule has 2 nitrogen and oxygen atoms in total. The predicted molar refractivity (Wildman–Crippen MR) is 114 cm³/mol. The summed E-state index contributed by atoms with van der Waals surface area (Å²) in [5.41, 5.74) is 0. The fourth-order valence-electron chi connectivity index (χ4n) is 3.11. The van der Waals surface area contributed by atoms with Crippen LogP contribution < -0.4 is 0 Å². The van der Waals surface area contributed by atoms with Crippen LogP contribution in [-0.4, -0.2) is 53.2 Å². The molecule has 0 heterocycles. The lowest BCUT2D eigenvalue weighted by molar-refractivity contribution is 0.328. The third-order valence-corrected chi connectivity index (χ3v) is 15.4. The molecule has 0 N–H and O–H groups in total. The smallest absolute Gasteiger partial charge is 0.186 e. The standard InChI is InChI=1S/C16H41NOSSi3/c1-11-18-22(9,10)14-12-13-19-16(2)15-17(20(3,4)5)21(6,7)8/h16H,11-15H2,1-10H3. The average molecular weight is 380 g/mol. The Morgan fingerprint density at radius 1 is 0.955 bits per heavy atom. The van der Waals surface area contributed by atoms with Crippen LogP contribution in [0.5, 0.6) is 0 Å². The minimum atomic E-state index is -1.38. The summed E-state index contributed by atoms with van der Waals surface area (Å²) in [5, 5.41) is 0.746. The van der Waals surface area contributed by atoms with Crippen molar-refractivity contribution in [2.24, 2.45) is 0 Å². The minimum Gasteiger partial charge on any atom is -0.418 e. The van der Waals surface area contributed by atoms with E-state index < -0.39 is 24.8 Å². The van der Waals surface area contributed by atoms with E-state index in [0.29, 0.717) is 0 Å². The van der Waals surface area contributed by atoms with Crippen LogP contribution in [0.3, 0.4) is 0 Å². The lowest BCUT2D eigenvalue weighted by atomic mass is 10.5. The lowest BCUT2D eigenvalue weighted by Gasteiger charge is -2.44. The van der Waals surface area contributed by atoms with E-state index in [9.17, 15) is 0 Å². The molecule has 0 fully saturated rings. The number of thioether (sulfide) groups is 1. The zero-order chi connectivity index (χ0) is 17.6. The van der Waals surface area contributed by atoms with E-state index in [4.69, 9.17) is 4.43 Å². The third-order valence-electron chi connectivity index (χ3n) is 3.92. The molecular formula is C16H41NOSSi3. The number of rotatable bonds is 11.